The van der Waals surface area contributed by atoms with Crippen molar-refractivity contribution >= 4 is 27.3 Å². The second kappa shape index (κ2) is 6.37. The molecule has 0 saturated heterocycles. The number of nitro groups is 1. The Bertz CT molecular complexity index is 725. The zero-order chi connectivity index (χ0) is 15.4. The molecule has 0 aliphatic heterocycles. The lowest BCUT2D eigenvalue weighted by Gasteiger charge is -2.19. The Kier molecular flexibility index (Phi) is 4.55. The zero-order valence-electron chi connectivity index (χ0n) is 11.3. The van der Waals surface area contributed by atoms with E-state index < -0.39 is 4.92 Å². The van der Waals surface area contributed by atoms with Crippen molar-refractivity contribution in [1.82, 2.24) is 0 Å². The summed E-state index contributed by atoms with van der Waals surface area (Å²) in [4.78, 5) is 12.5. The van der Waals surface area contributed by atoms with Crippen LogP contribution in [0.4, 0.5) is 11.4 Å². The number of nitriles is 1. The van der Waals surface area contributed by atoms with Crippen LogP contribution in [-0.4, -0.2) is 12.0 Å². The molecule has 0 aliphatic carbocycles. The summed E-state index contributed by atoms with van der Waals surface area (Å²) >= 11 is 3.17. The average Bonchev–Trinajstić information content (AvgIpc) is 2.49. The van der Waals surface area contributed by atoms with Crippen LogP contribution in [0.25, 0.3) is 0 Å². The molecule has 0 unspecified atom stereocenters. The second-order valence-electron chi connectivity index (χ2n) is 4.56. The van der Waals surface area contributed by atoms with Gasteiger partial charge in [-0.1, -0.05) is 12.1 Å². The Labute approximate surface area is 130 Å². The molecule has 0 radical (unpaired) electrons. The molecular weight excluding hydrogens is 334 g/mol. The molecule has 0 saturated carbocycles. The third-order valence-electron chi connectivity index (χ3n) is 3.04. The largest absolute Gasteiger partial charge is 0.370 e. The van der Waals surface area contributed by atoms with Crippen molar-refractivity contribution in [3.05, 3.63) is 68.2 Å². The molecule has 2 rings (SSSR count). The standard InChI is InChI=1S/C15H12BrN3O2/c1-18(13-4-2-3-11(7-13)9-17)10-12-5-6-14(16)15(8-12)19(20)21/h2-8H,10H2,1H3. The summed E-state index contributed by atoms with van der Waals surface area (Å²) in [5.41, 5.74) is 2.35. The van der Waals surface area contributed by atoms with Crippen molar-refractivity contribution in [2.45, 2.75) is 6.54 Å². The van der Waals surface area contributed by atoms with Crippen molar-refractivity contribution in [1.29, 1.82) is 5.26 Å². The van der Waals surface area contributed by atoms with Crippen LogP contribution in [0.5, 0.6) is 0 Å². The monoisotopic (exact) mass is 345 g/mol. The lowest BCUT2D eigenvalue weighted by Crippen LogP contribution is -2.16. The zero-order valence-corrected chi connectivity index (χ0v) is 12.9. The minimum Gasteiger partial charge on any atom is -0.370 e. The number of rotatable bonds is 4. The summed E-state index contributed by atoms with van der Waals surface area (Å²) in [5.74, 6) is 0. The molecule has 21 heavy (non-hydrogen) atoms. The summed E-state index contributed by atoms with van der Waals surface area (Å²) < 4.78 is 0.463. The fourth-order valence-electron chi connectivity index (χ4n) is 1.97. The van der Waals surface area contributed by atoms with Gasteiger partial charge in [-0.05, 0) is 45.8 Å². The predicted octanol–water partition coefficient (Wildman–Crippen LogP) is 3.87. The molecule has 0 heterocycles. The third-order valence-corrected chi connectivity index (χ3v) is 3.71. The van der Waals surface area contributed by atoms with E-state index in [-0.39, 0.29) is 5.69 Å². The quantitative estimate of drug-likeness (QED) is 0.623. The molecule has 106 valence electrons. The number of hydrogen-bond acceptors (Lipinski definition) is 4. The van der Waals surface area contributed by atoms with E-state index in [0.717, 1.165) is 11.3 Å². The predicted molar refractivity (Wildman–Crippen MR) is 84.1 cm³/mol. The molecule has 5 nitrogen and oxygen atoms in total. The van der Waals surface area contributed by atoms with Gasteiger partial charge in [0.2, 0.25) is 0 Å². The highest BCUT2D eigenvalue weighted by Gasteiger charge is 2.13. The number of anilines is 1. The van der Waals surface area contributed by atoms with Crippen LogP contribution < -0.4 is 4.90 Å². The van der Waals surface area contributed by atoms with Gasteiger partial charge in [-0.25, -0.2) is 0 Å². The fraction of sp³-hybridized carbons (Fsp3) is 0.133. The first-order valence-electron chi connectivity index (χ1n) is 6.15. The molecule has 6 heteroatoms. The van der Waals surface area contributed by atoms with Gasteiger partial charge in [0, 0.05) is 25.3 Å². The van der Waals surface area contributed by atoms with E-state index in [1.165, 1.54) is 0 Å². The number of hydrogen-bond donors (Lipinski definition) is 0. The van der Waals surface area contributed by atoms with Gasteiger partial charge >= 0.3 is 0 Å². The molecule has 0 aromatic heterocycles. The first-order chi connectivity index (χ1) is 10.0. The maximum atomic E-state index is 10.9. The van der Waals surface area contributed by atoms with Crippen LogP contribution in [0.3, 0.4) is 0 Å². The molecular formula is C15H12BrN3O2. The number of halogens is 1. The van der Waals surface area contributed by atoms with Crippen LogP contribution in [-0.2, 0) is 6.54 Å². The molecule has 0 fully saturated rings. The topological polar surface area (TPSA) is 70.2 Å². The summed E-state index contributed by atoms with van der Waals surface area (Å²) in [6, 6.07) is 14.4. The van der Waals surface area contributed by atoms with Gasteiger partial charge < -0.3 is 4.90 Å². The van der Waals surface area contributed by atoms with Gasteiger partial charge in [0.1, 0.15) is 0 Å². The first-order valence-corrected chi connectivity index (χ1v) is 6.94. The van der Waals surface area contributed by atoms with Crippen molar-refractivity contribution in [3.8, 4) is 6.07 Å². The highest BCUT2D eigenvalue weighted by molar-refractivity contribution is 9.10. The summed E-state index contributed by atoms with van der Waals surface area (Å²) in [6.07, 6.45) is 0. The molecule has 0 bridgehead atoms. The minimum atomic E-state index is -0.413. The Balaban J connectivity index is 2.23. The second-order valence-corrected chi connectivity index (χ2v) is 5.42. The van der Waals surface area contributed by atoms with E-state index >= 15 is 0 Å². The van der Waals surface area contributed by atoms with E-state index in [1.807, 2.05) is 30.1 Å². The van der Waals surface area contributed by atoms with Crippen molar-refractivity contribution in [2.75, 3.05) is 11.9 Å². The highest BCUT2D eigenvalue weighted by Crippen LogP contribution is 2.27. The Hall–Kier alpha value is -2.39. The lowest BCUT2D eigenvalue weighted by molar-refractivity contribution is -0.385. The smallest absolute Gasteiger partial charge is 0.283 e. The summed E-state index contributed by atoms with van der Waals surface area (Å²) in [6.45, 7) is 0.517. The van der Waals surface area contributed by atoms with E-state index in [4.69, 9.17) is 5.26 Å². The highest BCUT2D eigenvalue weighted by atomic mass is 79.9. The molecule has 0 amide bonds. The third kappa shape index (κ3) is 3.58. The van der Waals surface area contributed by atoms with Crippen molar-refractivity contribution in [2.24, 2.45) is 0 Å². The summed E-state index contributed by atoms with van der Waals surface area (Å²) in [7, 11) is 1.88. The maximum Gasteiger partial charge on any atom is 0.283 e. The minimum absolute atomic E-state index is 0.0478. The molecule has 0 N–H and O–H groups in total. The number of nitrogens with zero attached hydrogens (tertiary/aromatic N) is 3. The molecule has 0 spiro atoms. The molecule has 2 aromatic rings. The van der Waals surface area contributed by atoms with Crippen LogP contribution in [0.1, 0.15) is 11.1 Å². The van der Waals surface area contributed by atoms with E-state index in [0.29, 0.717) is 16.6 Å². The normalized spacial score (nSPS) is 9.95. The lowest BCUT2D eigenvalue weighted by atomic mass is 10.1. The number of benzene rings is 2. The Morgan fingerprint density at radius 3 is 2.76 bits per heavy atom. The van der Waals surface area contributed by atoms with Crippen LogP contribution in [0, 0.1) is 21.4 Å². The SMILES string of the molecule is CN(Cc1ccc(Br)c([N+](=O)[O-])c1)c1cccc(C#N)c1. The van der Waals surface area contributed by atoms with E-state index in [2.05, 4.69) is 22.0 Å². The maximum absolute atomic E-state index is 10.9. The number of nitro benzene ring substituents is 1. The molecule has 2 aromatic carbocycles. The molecule has 0 atom stereocenters. The van der Waals surface area contributed by atoms with E-state index in [1.54, 1.807) is 24.3 Å². The Morgan fingerprint density at radius 2 is 2.10 bits per heavy atom. The average molecular weight is 346 g/mol. The van der Waals surface area contributed by atoms with Crippen LogP contribution >= 0.6 is 15.9 Å². The van der Waals surface area contributed by atoms with Gasteiger partial charge in [0.05, 0.1) is 21.0 Å². The van der Waals surface area contributed by atoms with Gasteiger partial charge in [0.15, 0.2) is 0 Å². The first kappa shape index (κ1) is 15.0. The Morgan fingerprint density at radius 1 is 1.33 bits per heavy atom. The van der Waals surface area contributed by atoms with Crippen LogP contribution in [0.15, 0.2) is 46.9 Å². The molecule has 0 aliphatic rings. The van der Waals surface area contributed by atoms with Crippen molar-refractivity contribution < 1.29 is 4.92 Å². The fourth-order valence-corrected chi connectivity index (χ4v) is 2.37. The van der Waals surface area contributed by atoms with Gasteiger partial charge in [-0.15, -0.1) is 0 Å². The summed E-state index contributed by atoms with van der Waals surface area (Å²) in [5, 5.41) is 19.9. The van der Waals surface area contributed by atoms with Crippen molar-refractivity contribution in [3.63, 3.8) is 0 Å². The van der Waals surface area contributed by atoms with E-state index in [9.17, 15) is 10.1 Å². The van der Waals surface area contributed by atoms with Crippen LogP contribution in [0.2, 0.25) is 0 Å². The van der Waals surface area contributed by atoms with Gasteiger partial charge in [-0.3, -0.25) is 10.1 Å². The van der Waals surface area contributed by atoms with Gasteiger partial charge in [-0.2, -0.15) is 5.26 Å². The van der Waals surface area contributed by atoms with Gasteiger partial charge in [0.25, 0.3) is 5.69 Å².